The lowest BCUT2D eigenvalue weighted by Crippen LogP contribution is -2.11. The molecule has 0 radical (unpaired) electrons. The number of fused-ring (bicyclic) bond motifs is 4. The molecule has 250 valence electrons. The van der Waals surface area contributed by atoms with Crippen molar-refractivity contribution in [2.24, 2.45) is 0 Å². The van der Waals surface area contributed by atoms with E-state index in [4.69, 9.17) is 13.8 Å². The highest BCUT2D eigenvalue weighted by molar-refractivity contribution is 6.19. The van der Waals surface area contributed by atoms with E-state index in [0.29, 0.717) is 11.5 Å². The molecule has 0 N–H and O–H groups in total. The summed E-state index contributed by atoms with van der Waals surface area (Å²) in [5, 5.41) is 2.07. The normalized spacial score (nSPS) is 11.4. The predicted molar refractivity (Wildman–Crippen MR) is 218 cm³/mol. The Morgan fingerprint density at radius 1 is 0.396 bits per heavy atom. The minimum absolute atomic E-state index is 0.582. The van der Waals surface area contributed by atoms with E-state index in [1.54, 1.807) is 0 Å². The Labute approximate surface area is 306 Å². The SMILES string of the molecule is c1ccc(-c2ccc(N(c3ccccc3)c3ccc(-c4c5nc(-c6ccccc6)oc5cc5oc6ccccc6c45)cc3)c(-c3ccccc3)c2)cc1. The van der Waals surface area contributed by atoms with Crippen LogP contribution in [-0.2, 0) is 0 Å². The number of hydrogen-bond acceptors (Lipinski definition) is 4. The third kappa shape index (κ3) is 5.45. The van der Waals surface area contributed by atoms with Crippen LogP contribution in [0.15, 0.2) is 203 Å². The van der Waals surface area contributed by atoms with Crippen molar-refractivity contribution >= 4 is 50.1 Å². The molecule has 0 saturated heterocycles. The van der Waals surface area contributed by atoms with Crippen LogP contribution in [0.3, 0.4) is 0 Å². The van der Waals surface area contributed by atoms with E-state index in [9.17, 15) is 0 Å². The Kier molecular flexibility index (Phi) is 7.43. The molecule has 0 aliphatic heterocycles. The zero-order valence-electron chi connectivity index (χ0n) is 28.7. The van der Waals surface area contributed by atoms with E-state index in [0.717, 1.165) is 72.3 Å². The molecule has 0 aliphatic carbocycles. The van der Waals surface area contributed by atoms with E-state index in [-0.39, 0.29) is 0 Å². The first-order chi connectivity index (χ1) is 26.3. The third-order valence-electron chi connectivity index (χ3n) is 9.90. The van der Waals surface area contributed by atoms with E-state index in [1.807, 2.05) is 48.5 Å². The van der Waals surface area contributed by atoms with E-state index >= 15 is 0 Å². The van der Waals surface area contributed by atoms with Crippen LogP contribution in [0.4, 0.5) is 17.1 Å². The Morgan fingerprint density at radius 2 is 0.981 bits per heavy atom. The summed E-state index contributed by atoms with van der Waals surface area (Å²) < 4.78 is 12.8. The molecule has 0 bridgehead atoms. The molecule has 0 amide bonds. The molecular weight excluding hydrogens is 649 g/mol. The average Bonchev–Trinajstić information content (AvgIpc) is 3.83. The number of hydrogen-bond donors (Lipinski definition) is 0. The highest BCUT2D eigenvalue weighted by atomic mass is 16.4. The molecule has 2 heterocycles. The van der Waals surface area contributed by atoms with Crippen LogP contribution in [0.25, 0.3) is 77.9 Å². The molecule has 53 heavy (non-hydrogen) atoms. The summed E-state index contributed by atoms with van der Waals surface area (Å²) in [6.45, 7) is 0. The second-order valence-electron chi connectivity index (χ2n) is 13.1. The fourth-order valence-electron chi connectivity index (χ4n) is 7.43. The first kappa shape index (κ1) is 30.6. The first-order valence-electron chi connectivity index (χ1n) is 17.8. The maximum Gasteiger partial charge on any atom is 0.227 e. The topological polar surface area (TPSA) is 42.4 Å². The van der Waals surface area contributed by atoms with Crippen LogP contribution in [0.1, 0.15) is 0 Å². The largest absolute Gasteiger partial charge is 0.456 e. The van der Waals surface area contributed by atoms with Crippen molar-refractivity contribution in [3.05, 3.63) is 194 Å². The van der Waals surface area contributed by atoms with Gasteiger partial charge in [-0.1, -0.05) is 133 Å². The Hall–Kier alpha value is -7.17. The minimum Gasteiger partial charge on any atom is -0.456 e. The number of benzene rings is 8. The zero-order chi connectivity index (χ0) is 35.1. The Morgan fingerprint density at radius 3 is 1.70 bits per heavy atom. The van der Waals surface area contributed by atoms with Gasteiger partial charge in [0.2, 0.25) is 5.89 Å². The number of anilines is 3. The quantitative estimate of drug-likeness (QED) is 0.168. The summed E-state index contributed by atoms with van der Waals surface area (Å²) in [6, 6.07) is 67.5. The van der Waals surface area contributed by atoms with Gasteiger partial charge in [0.05, 0.1) is 5.69 Å². The molecule has 0 unspecified atom stereocenters. The highest BCUT2D eigenvalue weighted by Gasteiger charge is 2.23. The predicted octanol–water partition coefficient (Wildman–Crippen LogP) is 13.9. The van der Waals surface area contributed by atoms with Gasteiger partial charge in [0, 0.05) is 44.9 Å². The lowest BCUT2D eigenvalue weighted by atomic mass is 9.95. The van der Waals surface area contributed by atoms with Gasteiger partial charge in [-0.05, 0) is 76.9 Å². The van der Waals surface area contributed by atoms with Crippen molar-refractivity contribution in [3.8, 4) is 44.8 Å². The van der Waals surface area contributed by atoms with Crippen molar-refractivity contribution < 1.29 is 8.83 Å². The second-order valence-corrected chi connectivity index (χ2v) is 13.1. The standard InChI is InChI=1S/C49H32N2O2/c1-5-15-33(16-6-1)37-27-30-42(41(31-37)34-17-7-2-8-18-34)51(38-21-11-4-12-22-38)39-28-25-35(26-29-39)46-47-40-23-13-14-24-43(40)52-44(47)32-45-48(46)50-49(53-45)36-19-9-3-10-20-36/h1-32H. The van der Waals surface area contributed by atoms with Gasteiger partial charge in [-0.25, -0.2) is 4.98 Å². The molecule has 0 fully saturated rings. The van der Waals surface area contributed by atoms with Crippen LogP contribution in [-0.4, -0.2) is 4.98 Å². The van der Waals surface area contributed by atoms with E-state index < -0.39 is 0 Å². The van der Waals surface area contributed by atoms with Crippen LogP contribution in [0.2, 0.25) is 0 Å². The van der Waals surface area contributed by atoms with Crippen molar-refractivity contribution in [1.82, 2.24) is 4.98 Å². The fraction of sp³-hybridized carbons (Fsp3) is 0. The summed E-state index contributed by atoms with van der Waals surface area (Å²) in [5.41, 5.74) is 13.9. The summed E-state index contributed by atoms with van der Waals surface area (Å²) in [5.74, 6) is 0.582. The highest BCUT2D eigenvalue weighted by Crippen LogP contribution is 2.46. The Bertz CT molecular complexity index is 2860. The molecule has 0 atom stereocenters. The fourth-order valence-corrected chi connectivity index (χ4v) is 7.43. The lowest BCUT2D eigenvalue weighted by molar-refractivity contribution is 0.617. The lowest BCUT2D eigenvalue weighted by Gasteiger charge is -2.28. The molecule has 0 aliphatic rings. The van der Waals surface area contributed by atoms with Crippen LogP contribution >= 0.6 is 0 Å². The van der Waals surface area contributed by atoms with Gasteiger partial charge in [-0.3, -0.25) is 0 Å². The summed E-state index contributed by atoms with van der Waals surface area (Å²) in [7, 11) is 0. The van der Waals surface area contributed by atoms with Crippen LogP contribution in [0, 0.1) is 0 Å². The number of nitrogens with zero attached hydrogens (tertiary/aromatic N) is 2. The van der Waals surface area contributed by atoms with Gasteiger partial charge in [-0.15, -0.1) is 0 Å². The molecule has 0 spiro atoms. The summed E-state index contributed by atoms with van der Waals surface area (Å²) in [6.07, 6.45) is 0. The molecule has 10 rings (SSSR count). The van der Waals surface area contributed by atoms with E-state index in [2.05, 4.69) is 150 Å². The van der Waals surface area contributed by atoms with Crippen LogP contribution in [0.5, 0.6) is 0 Å². The monoisotopic (exact) mass is 680 g/mol. The van der Waals surface area contributed by atoms with Crippen molar-refractivity contribution in [3.63, 3.8) is 0 Å². The average molecular weight is 681 g/mol. The Balaban J connectivity index is 1.16. The van der Waals surface area contributed by atoms with E-state index in [1.165, 1.54) is 11.1 Å². The zero-order valence-corrected chi connectivity index (χ0v) is 28.7. The van der Waals surface area contributed by atoms with Crippen molar-refractivity contribution in [2.45, 2.75) is 0 Å². The summed E-state index contributed by atoms with van der Waals surface area (Å²) in [4.78, 5) is 7.45. The number of oxazole rings is 1. The van der Waals surface area contributed by atoms with Gasteiger partial charge in [-0.2, -0.15) is 0 Å². The molecule has 4 nitrogen and oxygen atoms in total. The molecule has 4 heteroatoms. The maximum atomic E-state index is 6.42. The molecule has 8 aromatic carbocycles. The first-order valence-corrected chi connectivity index (χ1v) is 17.8. The number of aromatic nitrogens is 1. The van der Waals surface area contributed by atoms with Crippen molar-refractivity contribution in [1.29, 1.82) is 0 Å². The van der Waals surface area contributed by atoms with Gasteiger partial charge >= 0.3 is 0 Å². The van der Waals surface area contributed by atoms with Gasteiger partial charge < -0.3 is 13.7 Å². The number of para-hydroxylation sites is 2. The maximum absolute atomic E-state index is 6.42. The summed E-state index contributed by atoms with van der Waals surface area (Å²) >= 11 is 0. The third-order valence-corrected chi connectivity index (χ3v) is 9.90. The number of furan rings is 1. The molecule has 10 aromatic rings. The van der Waals surface area contributed by atoms with Gasteiger partial charge in [0.25, 0.3) is 0 Å². The smallest absolute Gasteiger partial charge is 0.227 e. The van der Waals surface area contributed by atoms with Gasteiger partial charge in [0.1, 0.15) is 16.7 Å². The molecule has 0 saturated carbocycles. The number of rotatable bonds is 7. The molecular formula is C49H32N2O2. The minimum atomic E-state index is 0.582. The van der Waals surface area contributed by atoms with Crippen LogP contribution < -0.4 is 4.90 Å². The van der Waals surface area contributed by atoms with Crippen molar-refractivity contribution in [2.75, 3.05) is 4.90 Å². The molecule has 2 aromatic heterocycles. The second kappa shape index (κ2) is 12.9. The van der Waals surface area contributed by atoms with Gasteiger partial charge in [0.15, 0.2) is 5.58 Å².